The Morgan fingerprint density at radius 1 is 1.20 bits per heavy atom. The number of rotatable bonds is 6. The van der Waals surface area contributed by atoms with Crippen molar-refractivity contribution in [1.29, 1.82) is 0 Å². The number of likely N-dealkylation sites (tertiary alicyclic amines) is 1. The molecule has 2 fully saturated rings. The second kappa shape index (κ2) is 9.24. The molecule has 0 radical (unpaired) electrons. The monoisotopic (exact) mass is 471 g/mol. The van der Waals surface area contributed by atoms with Crippen LogP contribution < -0.4 is 10.6 Å². The molecule has 8 heteroatoms. The molecule has 2 amide bonds. The fraction of sp³-hybridized carbons (Fsp3) is 0.409. The van der Waals surface area contributed by atoms with E-state index in [0.717, 1.165) is 49.1 Å². The highest BCUT2D eigenvalue weighted by Gasteiger charge is 2.49. The quantitative estimate of drug-likeness (QED) is 0.673. The number of nitrogens with zero attached hydrogens (tertiary/aromatic N) is 3. The second-order valence-corrected chi connectivity index (χ2v) is 8.77. The number of carbonyl (C=O) groups is 2. The summed E-state index contributed by atoms with van der Waals surface area (Å²) >= 11 is 3.38. The molecule has 7 nitrogen and oxygen atoms in total. The van der Waals surface area contributed by atoms with Gasteiger partial charge in [-0.1, -0.05) is 22.0 Å². The van der Waals surface area contributed by atoms with Gasteiger partial charge in [-0.2, -0.15) is 0 Å². The molecule has 30 heavy (non-hydrogen) atoms. The van der Waals surface area contributed by atoms with Crippen LogP contribution in [0.15, 0.2) is 53.3 Å². The molecule has 1 aromatic heterocycles. The van der Waals surface area contributed by atoms with Crippen LogP contribution in [-0.2, 0) is 11.3 Å². The normalized spacial score (nSPS) is 19.0. The SMILES string of the molecule is O=C(NCCN1CCC2(CC1)C(=O)NCN2Cc1cccnc1)c1ccc(Br)cc1. The van der Waals surface area contributed by atoms with Crippen molar-refractivity contribution in [2.45, 2.75) is 24.9 Å². The van der Waals surface area contributed by atoms with Crippen molar-refractivity contribution in [3.05, 3.63) is 64.4 Å². The first-order valence-corrected chi connectivity index (χ1v) is 11.0. The summed E-state index contributed by atoms with van der Waals surface area (Å²) in [6.07, 6.45) is 5.21. The van der Waals surface area contributed by atoms with E-state index >= 15 is 0 Å². The molecule has 0 aliphatic carbocycles. The zero-order chi connectivity index (χ0) is 21.0. The Kier molecular flexibility index (Phi) is 6.46. The van der Waals surface area contributed by atoms with Gasteiger partial charge in [-0.05, 0) is 48.7 Å². The van der Waals surface area contributed by atoms with E-state index < -0.39 is 5.54 Å². The number of carbonyl (C=O) groups excluding carboxylic acids is 2. The van der Waals surface area contributed by atoms with Gasteiger partial charge in [0.2, 0.25) is 5.91 Å². The van der Waals surface area contributed by atoms with Gasteiger partial charge in [0, 0.05) is 55.2 Å². The van der Waals surface area contributed by atoms with Crippen LogP contribution in [0.5, 0.6) is 0 Å². The van der Waals surface area contributed by atoms with Crippen LogP contribution in [-0.4, -0.2) is 65.0 Å². The van der Waals surface area contributed by atoms with Crippen LogP contribution in [0.1, 0.15) is 28.8 Å². The smallest absolute Gasteiger partial charge is 0.251 e. The third kappa shape index (κ3) is 4.55. The number of nitrogens with one attached hydrogen (secondary N) is 2. The van der Waals surface area contributed by atoms with E-state index in [1.807, 2.05) is 30.5 Å². The molecule has 1 spiro atoms. The highest BCUT2D eigenvalue weighted by molar-refractivity contribution is 9.10. The number of hydrogen-bond donors (Lipinski definition) is 2. The number of hydrogen-bond acceptors (Lipinski definition) is 5. The van der Waals surface area contributed by atoms with Crippen molar-refractivity contribution in [1.82, 2.24) is 25.4 Å². The maximum Gasteiger partial charge on any atom is 0.251 e. The summed E-state index contributed by atoms with van der Waals surface area (Å²) in [5.41, 5.74) is 1.34. The molecule has 2 aliphatic rings. The van der Waals surface area contributed by atoms with Gasteiger partial charge < -0.3 is 15.5 Å². The lowest BCUT2D eigenvalue weighted by molar-refractivity contribution is -0.129. The first kappa shape index (κ1) is 21.0. The predicted molar refractivity (Wildman–Crippen MR) is 118 cm³/mol. The molecule has 0 bridgehead atoms. The Morgan fingerprint density at radius 3 is 2.67 bits per heavy atom. The minimum atomic E-state index is -0.437. The predicted octanol–water partition coefficient (Wildman–Crippen LogP) is 2.00. The van der Waals surface area contributed by atoms with Crippen molar-refractivity contribution < 1.29 is 9.59 Å². The first-order valence-electron chi connectivity index (χ1n) is 10.3. The van der Waals surface area contributed by atoms with Crippen LogP contribution in [0.3, 0.4) is 0 Å². The molecule has 3 heterocycles. The van der Waals surface area contributed by atoms with Gasteiger partial charge in [0.1, 0.15) is 5.54 Å². The van der Waals surface area contributed by atoms with Gasteiger partial charge in [-0.15, -0.1) is 0 Å². The molecule has 2 aromatic rings. The van der Waals surface area contributed by atoms with Crippen molar-refractivity contribution >= 4 is 27.7 Å². The second-order valence-electron chi connectivity index (χ2n) is 7.86. The minimum absolute atomic E-state index is 0.0613. The number of piperidine rings is 1. The molecule has 2 N–H and O–H groups in total. The Morgan fingerprint density at radius 2 is 1.97 bits per heavy atom. The van der Waals surface area contributed by atoms with Crippen LogP contribution in [0.4, 0.5) is 0 Å². The number of amides is 2. The first-order chi connectivity index (χ1) is 14.6. The minimum Gasteiger partial charge on any atom is -0.351 e. The summed E-state index contributed by atoms with van der Waals surface area (Å²) in [4.78, 5) is 33.7. The Hall–Kier alpha value is -2.29. The number of halogens is 1. The molecular weight excluding hydrogens is 446 g/mol. The van der Waals surface area contributed by atoms with Gasteiger partial charge in [-0.25, -0.2) is 0 Å². The molecule has 2 saturated heterocycles. The molecule has 0 atom stereocenters. The molecule has 0 unspecified atom stereocenters. The topological polar surface area (TPSA) is 77.6 Å². The summed E-state index contributed by atoms with van der Waals surface area (Å²) in [7, 11) is 0. The largest absolute Gasteiger partial charge is 0.351 e. The summed E-state index contributed by atoms with van der Waals surface area (Å²) in [5, 5.41) is 6.02. The van der Waals surface area contributed by atoms with Gasteiger partial charge in [0.05, 0.1) is 6.67 Å². The summed E-state index contributed by atoms with van der Waals surface area (Å²) in [6, 6.07) is 11.3. The van der Waals surface area contributed by atoms with E-state index in [1.165, 1.54) is 0 Å². The molecule has 1 aromatic carbocycles. The van der Waals surface area contributed by atoms with Crippen molar-refractivity contribution in [3.8, 4) is 0 Å². The Balaban J connectivity index is 1.27. The maximum absolute atomic E-state index is 12.7. The third-order valence-corrected chi connectivity index (χ3v) is 6.59. The zero-order valence-corrected chi connectivity index (χ0v) is 18.4. The van der Waals surface area contributed by atoms with Gasteiger partial charge >= 0.3 is 0 Å². The van der Waals surface area contributed by atoms with Gasteiger partial charge in [0.15, 0.2) is 0 Å². The van der Waals surface area contributed by atoms with Crippen molar-refractivity contribution in [2.75, 3.05) is 32.8 Å². The van der Waals surface area contributed by atoms with Gasteiger partial charge in [0.25, 0.3) is 5.91 Å². The summed E-state index contributed by atoms with van der Waals surface area (Å²) in [5.74, 6) is 0.0726. The van der Waals surface area contributed by atoms with E-state index in [4.69, 9.17) is 0 Å². The summed E-state index contributed by atoms with van der Waals surface area (Å²) in [6.45, 7) is 4.35. The number of pyridine rings is 1. The molecule has 2 aliphatic heterocycles. The van der Waals surface area contributed by atoms with E-state index in [-0.39, 0.29) is 11.8 Å². The Bertz CT molecular complexity index is 882. The third-order valence-electron chi connectivity index (χ3n) is 6.06. The van der Waals surface area contributed by atoms with E-state index in [9.17, 15) is 9.59 Å². The average molecular weight is 472 g/mol. The Labute approximate surface area is 185 Å². The number of aromatic nitrogens is 1. The molecular formula is C22H26BrN5O2. The summed E-state index contributed by atoms with van der Waals surface area (Å²) < 4.78 is 0.954. The molecule has 4 rings (SSSR count). The fourth-order valence-electron chi connectivity index (χ4n) is 4.27. The van der Waals surface area contributed by atoms with Crippen molar-refractivity contribution in [3.63, 3.8) is 0 Å². The van der Waals surface area contributed by atoms with E-state index in [2.05, 4.69) is 41.3 Å². The standard InChI is InChI=1S/C22H26BrN5O2/c23-19-5-3-18(4-6-19)20(29)25-10-13-27-11-7-22(8-12-27)21(30)26-16-28(22)15-17-2-1-9-24-14-17/h1-6,9,14H,7-8,10-13,15-16H2,(H,25,29)(H,26,30). The lowest BCUT2D eigenvalue weighted by Gasteiger charge is -2.42. The molecule has 0 saturated carbocycles. The van der Waals surface area contributed by atoms with Crippen LogP contribution >= 0.6 is 15.9 Å². The maximum atomic E-state index is 12.7. The lowest BCUT2D eigenvalue weighted by Crippen LogP contribution is -2.56. The number of benzene rings is 1. The highest BCUT2D eigenvalue weighted by atomic mass is 79.9. The fourth-order valence-corrected chi connectivity index (χ4v) is 4.53. The molecule has 158 valence electrons. The van der Waals surface area contributed by atoms with E-state index in [1.54, 1.807) is 18.3 Å². The highest BCUT2D eigenvalue weighted by Crippen LogP contribution is 2.33. The zero-order valence-electron chi connectivity index (χ0n) is 16.8. The van der Waals surface area contributed by atoms with Crippen LogP contribution in [0.2, 0.25) is 0 Å². The van der Waals surface area contributed by atoms with Crippen LogP contribution in [0.25, 0.3) is 0 Å². The average Bonchev–Trinajstić information content (AvgIpc) is 3.06. The van der Waals surface area contributed by atoms with Crippen molar-refractivity contribution in [2.24, 2.45) is 0 Å². The lowest BCUT2D eigenvalue weighted by atomic mass is 9.86. The van der Waals surface area contributed by atoms with E-state index in [0.29, 0.717) is 18.8 Å². The van der Waals surface area contributed by atoms with Crippen LogP contribution in [0, 0.1) is 0 Å². The van der Waals surface area contributed by atoms with Gasteiger partial charge in [-0.3, -0.25) is 19.5 Å².